The number of alkyl halides is 3. The van der Waals surface area contributed by atoms with Crippen molar-refractivity contribution in [1.29, 1.82) is 0 Å². The molecule has 0 aliphatic rings. The Morgan fingerprint density at radius 3 is 2.62 bits per heavy atom. The zero-order valence-electron chi connectivity index (χ0n) is 6.73. The third-order valence-corrected chi connectivity index (χ3v) is 1.98. The van der Waals surface area contributed by atoms with Crippen molar-refractivity contribution < 1.29 is 8.78 Å². The fourth-order valence-electron chi connectivity index (χ4n) is 1.02. The molecule has 0 atom stereocenters. The van der Waals surface area contributed by atoms with Gasteiger partial charge in [-0.2, -0.15) is 0 Å². The second-order valence-corrected chi connectivity index (χ2v) is 2.76. The minimum atomic E-state index is -2.50. The maximum absolute atomic E-state index is 12.3. The molecule has 2 nitrogen and oxygen atoms in total. The number of nitrogens with two attached hydrogens (primary N) is 1. The van der Waals surface area contributed by atoms with E-state index in [0.717, 1.165) is 0 Å². The van der Waals surface area contributed by atoms with Crippen LogP contribution in [0.1, 0.15) is 17.6 Å². The highest BCUT2D eigenvalue weighted by Crippen LogP contribution is 2.26. The Hall–Kier alpha value is -0.870. The summed E-state index contributed by atoms with van der Waals surface area (Å²) in [5.74, 6) is 5.17. The van der Waals surface area contributed by atoms with Crippen LogP contribution in [0.15, 0.2) is 18.2 Å². The number of rotatable bonds is 3. The number of hydrogen-bond acceptors (Lipinski definition) is 2. The first kappa shape index (κ1) is 10.2. The lowest BCUT2D eigenvalue weighted by Crippen LogP contribution is -2.07. The maximum Gasteiger partial charge on any atom is 0.264 e. The highest BCUT2D eigenvalue weighted by Gasteiger charge is 2.12. The van der Waals surface area contributed by atoms with E-state index in [1.54, 1.807) is 0 Å². The first-order valence-electron chi connectivity index (χ1n) is 3.62. The number of benzene rings is 1. The second kappa shape index (κ2) is 4.39. The van der Waals surface area contributed by atoms with Gasteiger partial charge in [0.2, 0.25) is 0 Å². The van der Waals surface area contributed by atoms with Crippen molar-refractivity contribution in [3.8, 4) is 0 Å². The summed E-state index contributed by atoms with van der Waals surface area (Å²) in [4.78, 5) is 0. The van der Waals surface area contributed by atoms with Gasteiger partial charge in [-0.25, -0.2) is 8.78 Å². The molecule has 0 heterocycles. The van der Waals surface area contributed by atoms with Crippen LogP contribution in [0.25, 0.3) is 0 Å². The van der Waals surface area contributed by atoms with E-state index in [1.165, 1.54) is 18.2 Å². The molecule has 0 bridgehead atoms. The third-order valence-electron chi connectivity index (χ3n) is 1.69. The van der Waals surface area contributed by atoms with Crippen LogP contribution in [0.5, 0.6) is 0 Å². The molecule has 0 spiro atoms. The Kier molecular flexibility index (Phi) is 3.45. The van der Waals surface area contributed by atoms with Crippen molar-refractivity contribution >= 4 is 17.3 Å². The summed E-state index contributed by atoms with van der Waals surface area (Å²) in [6.45, 7) is 0. The van der Waals surface area contributed by atoms with Crippen LogP contribution >= 0.6 is 11.6 Å². The lowest BCUT2D eigenvalue weighted by atomic mass is 10.1. The molecule has 0 aliphatic carbocycles. The molecule has 1 rings (SSSR count). The van der Waals surface area contributed by atoms with Crippen molar-refractivity contribution in [3.63, 3.8) is 0 Å². The molecule has 1 aromatic carbocycles. The summed E-state index contributed by atoms with van der Waals surface area (Å²) in [6.07, 6.45) is -2.50. The SMILES string of the molecule is NNc1ccc(C(F)F)c(CCl)c1. The fraction of sp³-hybridized carbons (Fsp3) is 0.250. The molecule has 0 aliphatic heterocycles. The molecular weight excluding hydrogens is 198 g/mol. The zero-order valence-corrected chi connectivity index (χ0v) is 7.48. The lowest BCUT2D eigenvalue weighted by Gasteiger charge is -2.08. The zero-order chi connectivity index (χ0) is 9.84. The molecule has 0 unspecified atom stereocenters. The van der Waals surface area contributed by atoms with Crippen LogP contribution in [0.4, 0.5) is 14.5 Å². The molecule has 0 fully saturated rings. The van der Waals surface area contributed by atoms with Crippen LogP contribution in [-0.4, -0.2) is 0 Å². The molecule has 72 valence electrons. The van der Waals surface area contributed by atoms with Gasteiger partial charge >= 0.3 is 0 Å². The molecule has 3 N–H and O–H groups in total. The topological polar surface area (TPSA) is 38.0 Å². The Bertz CT molecular complexity index is 291. The van der Waals surface area contributed by atoms with Crippen molar-refractivity contribution in [2.24, 2.45) is 5.84 Å². The fourth-order valence-corrected chi connectivity index (χ4v) is 1.26. The van der Waals surface area contributed by atoms with Crippen molar-refractivity contribution in [2.45, 2.75) is 12.3 Å². The van der Waals surface area contributed by atoms with Crippen LogP contribution in [0, 0.1) is 0 Å². The van der Waals surface area contributed by atoms with Crippen LogP contribution in [-0.2, 0) is 5.88 Å². The van der Waals surface area contributed by atoms with Crippen molar-refractivity contribution in [3.05, 3.63) is 29.3 Å². The van der Waals surface area contributed by atoms with E-state index in [4.69, 9.17) is 17.4 Å². The number of hydrogen-bond donors (Lipinski definition) is 2. The average Bonchev–Trinajstić information content (AvgIpc) is 2.16. The van der Waals surface area contributed by atoms with Gasteiger partial charge in [0, 0.05) is 17.1 Å². The highest BCUT2D eigenvalue weighted by molar-refractivity contribution is 6.17. The smallest absolute Gasteiger partial charge is 0.264 e. The summed E-state index contributed by atoms with van der Waals surface area (Å²) in [5, 5.41) is 0. The van der Waals surface area contributed by atoms with Crippen LogP contribution in [0.3, 0.4) is 0 Å². The average molecular weight is 207 g/mol. The van der Waals surface area contributed by atoms with Crippen molar-refractivity contribution in [2.75, 3.05) is 5.43 Å². The summed E-state index contributed by atoms with van der Waals surface area (Å²) in [7, 11) is 0. The molecule has 0 amide bonds. The molecule has 0 radical (unpaired) electrons. The van der Waals surface area contributed by atoms with Crippen molar-refractivity contribution in [1.82, 2.24) is 0 Å². The van der Waals surface area contributed by atoms with Crippen LogP contribution < -0.4 is 11.3 Å². The molecular formula is C8H9ClF2N2. The van der Waals surface area contributed by atoms with E-state index in [9.17, 15) is 8.78 Å². The Balaban J connectivity index is 3.08. The van der Waals surface area contributed by atoms with E-state index in [2.05, 4.69) is 5.43 Å². The van der Waals surface area contributed by atoms with Gasteiger partial charge in [0.05, 0.1) is 0 Å². The van der Waals surface area contributed by atoms with Gasteiger partial charge in [-0.3, -0.25) is 5.84 Å². The first-order chi connectivity index (χ1) is 6.19. The van der Waals surface area contributed by atoms with Crippen LogP contribution in [0.2, 0.25) is 0 Å². The van der Waals surface area contributed by atoms with Gasteiger partial charge in [-0.1, -0.05) is 6.07 Å². The molecule has 0 aromatic heterocycles. The molecule has 0 saturated heterocycles. The Labute approximate surface area is 79.7 Å². The van der Waals surface area contributed by atoms with Gasteiger partial charge in [-0.15, -0.1) is 11.6 Å². The molecule has 5 heteroatoms. The van der Waals surface area contributed by atoms with Gasteiger partial charge in [0.1, 0.15) is 0 Å². The summed E-state index contributed by atoms with van der Waals surface area (Å²) >= 11 is 5.50. The monoisotopic (exact) mass is 206 g/mol. The third kappa shape index (κ3) is 2.29. The normalized spacial score (nSPS) is 10.5. The van der Waals surface area contributed by atoms with Gasteiger partial charge in [0.25, 0.3) is 6.43 Å². The van der Waals surface area contributed by atoms with Gasteiger partial charge < -0.3 is 5.43 Å². The van der Waals surface area contributed by atoms with E-state index < -0.39 is 6.43 Å². The van der Waals surface area contributed by atoms with E-state index >= 15 is 0 Å². The number of nitrogen functional groups attached to an aromatic ring is 1. The number of hydrazine groups is 1. The summed E-state index contributed by atoms with van der Waals surface area (Å²) in [5.41, 5.74) is 3.28. The number of halogens is 3. The second-order valence-electron chi connectivity index (χ2n) is 2.49. The largest absolute Gasteiger partial charge is 0.324 e. The van der Waals surface area contributed by atoms with Gasteiger partial charge in [-0.05, 0) is 17.7 Å². The minimum Gasteiger partial charge on any atom is -0.324 e. The number of anilines is 1. The first-order valence-corrected chi connectivity index (χ1v) is 4.16. The highest BCUT2D eigenvalue weighted by atomic mass is 35.5. The summed E-state index contributed by atoms with van der Waals surface area (Å²) < 4.78 is 24.7. The quantitative estimate of drug-likeness (QED) is 0.453. The molecule has 13 heavy (non-hydrogen) atoms. The standard InChI is InChI=1S/C8H9ClF2N2/c9-4-5-3-6(13-12)1-2-7(5)8(10)11/h1-3,8,13H,4,12H2. The lowest BCUT2D eigenvalue weighted by molar-refractivity contribution is 0.150. The number of nitrogens with one attached hydrogen (secondary N) is 1. The Morgan fingerprint density at radius 2 is 2.15 bits per heavy atom. The molecule has 0 saturated carbocycles. The van der Waals surface area contributed by atoms with Gasteiger partial charge in [0.15, 0.2) is 0 Å². The summed E-state index contributed by atoms with van der Waals surface area (Å²) in [6, 6.07) is 4.31. The predicted molar refractivity (Wildman–Crippen MR) is 48.8 cm³/mol. The predicted octanol–water partition coefficient (Wildman–Crippen LogP) is 2.65. The molecule has 1 aromatic rings. The van der Waals surface area contributed by atoms with E-state index in [0.29, 0.717) is 11.3 Å². The Morgan fingerprint density at radius 1 is 1.46 bits per heavy atom. The van der Waals surface area contributed by atoms with E-state index in [1.807, 2.05) is 0 Å². The minimum absolute atomic E-state index is 0.0472. The maximum atomic E-state index is 12.3. The van der Waals surface area contributed by atoms with E-state index in [-0.39, 0.29) is 11.4 Å².